The Hall–Kier alpha value is -1.03. The van der Waals surface area contributed by atoms with Gasteiger partial charge in [0.05, 0.1) is 0 Å². The largest absolute Gasteiger partial charge is 0.360 e. The molecule has 82 valence electrons. The molecule has 0 amide bonds. The molecule has 5 heteroatoms. The minimum atomic E-state index is -0.215. The fourth-order valence-electron chi connectivity index (χ4n) is 1.64. The Bertz CT molecular complexity index is 425. The molecule has 4 nitrogen and oxygen atoms in total. The van der Waals surface area contributed by atoms with E-state index >= 15 is 0 Å². The van der Waals surface area contributed by atoms with Crippen LogP contribution in [0.5, 0.6) is 0 Å². The third-order valence-electron chi connectivity index (χ3n) is 2.65. The van der Waals surface area contributed by atoms with Crippen LogP contribution in [-0.2, 0) is 7.05 Å². The van der Waals surface area contributed by atoms with Gasteiger partial charge in [0.25, 0.3) is 0 Å². The summed E-state index contributed by atoms with van der Waals surface area (Å²) in [5.74, 6) is 1.59. The summed E-state index contributed by atoms with van der Waals surface area (Å²) in [5.41, 5.74) is -0.215. The van der Waals surface area contributed by atoms with E-state index in [0.717, 1.165) is 18.3 Å². The SMILES string of the molecule is CN(CC1CC1)c1cc(=O)c(Cl)nn1C. The van der Waals surface area contributed by atoms with Crippen molar-refractivity contribution in [2.24, 2.45) is 13.0 Å². The number of aromatic nitrogens is 2. The van der Waals surface area contributed by atoms with Crippen LogP contribution >= 0.6 is 11.6 Å². The zero-order valence-electron chi connectivity index (χ0n) is 8.90. The third kappa shape index (κ3) is 2.31. The molecule has 2 rings (SSSR count). The molecule has 0 aromatic carbocycles. The lowest BCUT2D eigenvalue weighted by atomic mass is 10.3. The summed E-state index contributed by atoms with van der Waals surface area (Å²) in [6.07, 6.45) is 2.58. The molecule has 1 aromatic heterocycles. The molecule has 1 aliphatic rings. The van der Waals surface area contributed by atoms with Crippen molar-refractivity contribution in [2.75, 3.05) is 18.5 Å². The number of halogens is 1. The summed E-state index contributed by atoms with van der Waals surface area (Å²) in [6.45, 7) is 0.983. The van der Waals surface area contributed by atoms with Gasteiger partial charge in [-0.1, -0.05) is 11.6 Å². The van der Waals surface area contributed by atoms with E-state index in [1.807, 2.05) is 7.05 Å². The number of hydrogen-bond acceptors (Lipinski definition) is 3. The Morgan fingerprint density at radius 1 is 1.67 bits per heavy atom. The van der Waals surface area contributed by atoms with Crippen molar-refractivity contribution in [3.8, 4) is 0 Å². The Kier molecular flexibility index (Phi) is 2.69. The zero-order valence-corrected chi connectivity index (χ0v) is 9.66. The van der Waals surface area contributed by atoms with Crippen LogP contribution in [0.25, 0.3) is 0 Å². The van der Waals surface area contributed by atoms with Gasteiger partial charge < -0.3 is 4.90 Å². The molecular formula is C10H14ClN3O. The van der Waals surface area contributed by atoms with Gasteiger partial charge in [0.15, 0.2) is 5.15 Å². The smallest absolute Gasteiger partial charge is 0.221 e. The zero-order chi connectivity index (χ0) is 11.0. The monoisotopic (exact) mass is 227 g/mol. The molecule has 1 aliphatic carbocycles. The van der Waals surface area contributed by atoms with Gasteiger partial charge in [-0.15, -0.1) is 0 Å². The molecule has 1 fully saturated rings. The molecule has 0 aliphatic heterocycles. The first-order valence-electron chi connectivity index (χ1n) is 5.03. The molecule has 1 saturated carbocycles. The average Bonchev–Trinajstić information content (AvgIpc) is 2.95. The minimum absolute atomic E-state index is 0.0288. The van der Waals surface area contributed by atoms with Gasteiger partial charge in [-0.25, -0.2) is 0 Å². The number of rotatable bonds is 3. The van der Waals surface area contributed by atoms with E-state index in [0.29, 0.717) is 0 Å². The second-order valence-corrected chi connectivity index (χ2v) is 4.46. The minimum Gasteiger partial charge on any atom is -0.360 e. The predicted octanol–water partition coefficient (Wildman–Crippen LogP) is 1.28. The molecule has 0 radical (unpaired) electrons. The summed E-state index contributed by atoms with van der Waals surface area (Å²) in [4.78, 5) is 13.4. The fraction of sp³-hybridized carbons (Fsp3) is 0.600. The van der Waals surface area contributed by atoms with E-state index in [9.17, 15) is 4.79 Å². The first kappa shape index (κ1) is 10.5. The molecule has 0 N–H and O–H groups in total. The molecular weight excluding hydrogens is 214 g/mol. The van der Waals surface area contributed by atoms with Gasteiger partial charge >= 0.3 is 0 Å². The third-order valence-corrected chi connectivity index (χ3v) is 2.91. The highest BCUT2D eigenvalue weighted by molar-refractivity contribution is 6.29. The van der Waals surface area contributed by atoms with Crippen molar-refractivity contribution in [1.29, 1.82) is 0 Å². The summed E-state index contributed by atoms with van der Waals surface area (Å²) < 4.78 is 1.64. The van der Waals surface area contributed by atoms with Crippen molar-refractivity contribution in [3.63, 3.8) is 0 Å². The Labute approximate surface area is 93.5 Å². The normalized spacial score (nSPS) is 15.4. The van der Waals surface area contributed by atoms with Gasteiger partial charge in [0.1, 0.15) is 5.82 Å². The standard InChI is InChI=1S/C10H14ClN3O/c1-13(6-7-3-4-7)9-5-8(15)10(11)12-14(9)2/h5,7H,3-4,6H2,1-2H3. The second-order valence-electron chi connectivity index (χ2n) is 4.11. The lowest BCUT2D eigenvalue weighted by Crippen LogP contribution is -2.26. The van der Waals surface area contributed by atoms with Crippen LogP contribution in [0.2, 0.25) is 5.15 Å². The lowest BCUT2D eigenvalue weighted by Gasteiger charge is -2.20. The van der Waals surface area contributed by atoms with Crippen molar-refractivity contribution in [1.82, 2.24) is 9.78 Å². The van der Waals surface area contributed by atoms with E-state index in [1.54, 1.807) is 11.7 Å². The van der Waals surface area contributed by atoms with Gasteiger partial charge in [0, 0.05) is 26.7 Å². The lowest BCUT2D eigenvalue weighted by molar-refractivity contribution is 0.685. The molecule has 0 atom stereocenters. The van der Waals surface area contributed by atoms with Gasteiger partial charge in [-0.05, 0) is 18.8 Å². The molecule has 0 unspecified atom stereocenters. The molecule has 15 heavy (non-hydrogen) atoms. The van der Waals surface area contributed by atoms with Crippen LogP contribution in [0.1, 0.15) is 12.8 Å². The highest BCUT2D eigenvalue weighted by Gasteiger charge is 2.23. The van der Waals surface area contributed by atoms with Crippen LogP contribution in [0, 0.1) is 5.92 Å². The second kappa shape index (κ2) is 3.85. The highest BCUT2D eigenvalue weighted by Crippen LogP contribution is 2.30. The summed E-state index contributed by atoms with van der Waals surface area (Å²) in [5, 5.41) is 3.98. The van der Waals surface area contributed by atoms with E-state index < -0.39 is 0 Å². The van der Waals surface area contributed by atoms with Crippen LogP contribution < -0.4 is 10.3 Å². The van der Waals surface area contributed by atoms with Crippen molar-refractivity contribution < 1.29 is 0 Å². The maximum atomic E-state index is 11.4. The molecule has 0 saturated heterocycles. The molecule has 0 bridgehead atoms. The van der Waals surface area contributed by atoms with Crippen molar-refractivity contribution >= 4 is 17.4 Å². The van der Waals surface area contributed by atoms with Gasteiger partial charge in [0.2, 0.25) is 5.43 Å². The number of hydrogen-bond donors (Lipinski definition) is 0. The molecule has 0 spiro atoms. The average molecular weight is 228 g/mol. The van der Waals surface area contributed by atoms with Crippen LogP contribution in [0.3, 0.4) is 0 Å². The topological polar surface area (TPSA) is 38.1 Å². The Morgan fingerprint density at radius 2 is 2.33 bits per heavy atom. The number of nitrogens with zero attached hydrogens (tertiary/aromatic N) is 3. The maximum absolute atomic E-state index is 11.4. The van der Waals surface area contributed by atoms with Gasteiger partial charge in [-0.2, -0.15) is 5.10 Å². The molecule has 1 heterocycles. The van der Waals surface area contributed by atoms with Crippen molar-refractivity contribution in [3.05, 3.63) is 21.4 Å². The van der Waals surface area contributed by atoms with Crippen LogP contribution in [-0.4, -0.2) is 23.4 Å². The van der Waals surface area contributed by atoms with E-state index in [4.69, 9.17) is 11.6 Å². The first-order valence-corrected chi connectivity index (χ1v) is 5.40. The number of aryl methyl sites for hydroxylation is 1. The van der Waals surface area contributed by atoms with Gasteiger partial charge in [-0.3, -0.25) is 9.48 Å². The van der Waals surface area contributed by atoms with E-state index in [1.165, 1.54) is 18.9 Å². The van der Waals surface area contributed by atoms with E-state index in [2.05, 4.69) is 10.00 Å². The number of anilines is 1. The van der Waals surface area contributed by atoms with Crippen molar-refractivity contribution in [2.45, 2.75) is 12.8 Å². The van der Waals surface area contributed by atoms with Crippen LogP contribution in [0.15, 0.2) is 10.9 Å². The van der Waals surface area contributed by atoms with Crippen LogP contribution in [0.4, 0.5) is 5.82 Å². The maximum Gasteiger partial charge on any atom is 0.221 e. The van der Waals surface area contributed by atoms with E-state index in [-0.39, 0.29) is 10.6 Å². The highest BCUT2D eigenvalue weighted by atomic mass is 35.5. The Morgan fingerprint density at radius 3 is 2.93 bits per heavy atom. The predicted molar refractivity (Wildman–Crippen MR) is 60.5 cm³/mol. The first-order chi connectivity index (χ1) is 7.08. The summed E-state index contributed by atoms with van der Waals surface area (Å²) >= 11 is 5.65. The molecule has 1 aromatic rings. The Balaban J connectivity index is 2.25. The quantitative estimate of drug-likeness (QED) is 0.781. The summed E-state index contributed by atoms with van der Waals surface area (Å²) in [7, 11) is 3.77. The fourth-order valence-corrected chi connectivity index (χ4v) is 1.81. The summed E-state index contributed by atoms with van der Waals surface area (Å²) in [6, 6.07) is 1.54.